The number of thiocarbonyl (C=S) groups is 1. The second kappa shape index (κ2) is 9.38. The van der Waals surface area contributed by atoms with E-state index < -0.39 is 5.97 Å². The Hall–Kier alpha value is -3.13. The summed E-state index contributed by atoms with van der Waals surface area (Å²) in [7, 11) is 2.91. The van der Waals surface area contributed by atoms with Gasteiger partial charge < -0.3 is 14.8 Å². The van der Waals surface area contributed by atoms with Gasteiger partial charge in [0.25, 0.3) is 5.91 Å². The summed E-state index contributed by atoms with van der Waals surface area (Å²) in [4.78, 5) is 23.4. The highest BCUT2D eigenvalue weighted by molar-refractivity contribution is 7.80. The number of nitrogens with one attached hydrogen (secondary N) is 3. The van der Waals surface area contributed by atoms with E-state index in [9.17, 15) is 9.59 Å². The fraction of sp³-hybridized carbons (Fsp3) is 0.167. The molecular weight excluding hydrogens is 354 g/mol. The Kier molecular flexibility index (Phi) is 6.92. The van der Waals surface area contributed by atoms with Crippen LogP contribution in [-0.2, 0) is 11.3 Å². The molecule has 0 unspecified atom stereocenters. The fourth-order valence-corrected chi connectivity index (χ4v) is 2.15. The first kappa shape index (κ1) is 19.2. The second-order valence-electron chi connectivity index (χ2n) is 5.18. The molecular formula is C18H19N3O4S. The normalized spacial score (nSPS) is 9.77. The molecule has 0 aliphatic heterocycles. The molecule has 0 atom stereocenters. The van der Waals surface area contributed by atoms with Crippen LogP contribution < -0.4 is 20.9 Å². The zero-order chi connectivity index (χ0) is 18.9. The van der Waals surface area contributed by atoms with E-state index in [4.69, 9.17) is 17.0 Å². The molecule has 0 aliphatic carbocycles. The Morgan fingerprint density at radius 1 is 0.923 bits per heavy atom. The van der Waals surface area contributed by atoms with Gasteiger partial charge in [0.05, 0.1) is 19.8 Å². The van der Waals surface area contributed by atoms with Crippen LogP contribution in [0.15, 0.2) is 48.5 Å². The van der Waals surface area contributed by atoms with Gasteiger partial charge in [0.2, 0.25) is 0 Å². The van der Waals surface area contributed by atoms with Crippen LogP contribution in [0, 0.1) is 0 Å². The van der Waals surface area contributed by atoms with Crippen LogP contribution in [-0.4, -0.2) is 31.2 Å². The van der Waals surface area contributed by atoms with Gasteiger partial charge in [-0.25, -0.2) is 4.79 Å². The minimum absolute atomic E-state index is 0.278. The number of hydrogen-bond donors (Lipinski definition) is 3. The number of methoxy groups -OCH3 is 2. The van der Waals surface area contributed by atoms with E-state index >= 15 is 0 Å². The van der Waals surface area contributed by atoms with Crippen molar-refractivity contribution in [2.75, 3.05) is 14.2 Å². The number of esters is 1. The van der Waals surface area contributed by atoms with Crippen molar-refractivity contribution in [1.82, 2.24) is 16.2 Å². The third kappa shape index (κ3) is 5.45. The van der Waals surface area contributed by atoms with Crippen molar-refractivity contribution in [1.29, 1.82) is 0 Å². The highest BCUT2D eigenvalue weighted by Gasteiger charge is 2.09. The van der Waals surface area contributed by atoms with Crippen molar-refractivity contribution in [2.45, 2.75) is 6.54 Å². The Labute approximate surface area is 156 Å². The average Bonchev–Trinajstić information content (AvgIpc) is 2.70. The lowest BCUT2D eigenvalue weighted by atomic mass is 10.1. The molecule has 0 aromatic heterocycles. The Balaban J connectivity index is 1.78. The van der Waals surface area contributed by atoms with Gasteiger partial charge in [-0.05, 0) is 54.2 Å². The van der Waals surface area contributed by atoms with E-state index in [1.165, 1.54) is 31.4 Å². The van der Waals surface area contributed by atoms with Crippen LogP contribution in [0.2, 0.25) is 0 Å². The highest BCUT2D eigenvalue weighted by atomic mass is 32.1. The molecule has 0 fully saturated rings. The molecule has 136 valence electrons. The number of ether oxygens (including phenoxy) is 2. The molecule has 1 amide bonds. The van der Waals surface area contributed by atoms with E-state index in [1.807, 2.05) is 24.3 Å². The average molecular weight is 373 g/mol. The molecule has 7 nitrogen and oxygen atoms in total. The predicted molar refractivity (Wildman–Crippen MR) is 101 cm³/mol. The number of amides is 1. The third-order valence-corrected chi connectivity index (χ3v) is 3.72. The summed E-state index contributed by atoms with van der Waals surface area (Å²) in [5.41, 5.74) is 6.87. The SMILES string of the molecule is COC(=O)c1ccc(C(=O)NNC(=S)NCc2ccc(OC)cc2)cc1. The molecule has 0 saturated carbocycles. The van der Waals surface area contributed by atoms with E-state index in [1.54, 1.807) is 7.11 Å². The predicted octanol–water partition coefficient (Wildman–Crippen LogP) is 1.79. The van der Waals surface area contributed by atoms with Gasteiger partial charge in [-0.15, -0.1) is 0 Å². The van der Waals surface area contributed by atoms with Crippen LogP contribution in [0.4, 0.5) is 0 Å². The first-order chi connectivity index (χ1) is 12.5. The maximum atomic E-state index is 12.1. The lowest BCUT2D eigenvalue weighted by Gasteiger charge is -2.12. The summed E-state index contributed by atoms with van der Waals surface area (Å²) in [6, 6.07) is 13.6. The molecule has 0 saturated heterocycles. The smallest absolute Gasteiger partial charge is 0.337 e. The van der Waals surface area contributed by atoms with Gasteiger partial charge in [-0.3, -0.25) is 15.6 Å². The van der Waals surface area contributed by atoms with Crippen molar-refractivity contribution in [3.63, 3.8) is 0 Å². The number of hydrogen-bond acceptors (Lipinski definition) is 5. The summed E-state index contributed by atoms with van der Waals surface area (Å²) in [5, 5.41) is 3.26. The molecule has 2 aromatic rings. The maximum absolute atomic E-state index is 12.1. The Bertz CT molecular complexity index is 776. The fourth-order valence-electron chi connectivity index (χ4n) is 2.03. The first-order valence-corrected chi connectivity index (χ1v) is 8.10. The number of rotatable bonds is 5. The summed E-state index contributed by atoms with van der Waals surface area (Å²) in [6.07, 6.45) is 0. The zero-order valence-corrected chi connectivity index (χ0v) is 15.2. The second-order valence-corrected chi connectivity index (χ2v) is 5.59. The molecule has 0 aliphatic rings. The van der Waals surface area contributed by atoms with Crippen LogP contribution in [0.25, 0.3) is 0 Å². The summed E-state index contributed by atoms with van der Waals surface area (Å²) in [6.45, 7) is 0.500. The molecule has 26 heavy (non-hydrogen) atoms. The number of carbonyl (C=O) groups is 2. The molecule has 2 rings (SSSR count). The molecule has 8 heteroatoms. The van der Waals surface area contributed by atoms with Crippen molar-refractivity contribution in [2.24, 2.45) is 0 Å². The van der Waals surface area contributed by atoms with E-state index in [-0.39, 0.29) is 11.0 Å². The molecule has 0 heterocycles. The zero-order valence-electron chi connectivity index (χ0n) is 14.4. The summed E-state index contributed by atoms with van der Waals surface area (Å²) in [5.74, 6) is -0.0612. The lowest BCUT2D eigenvalue weighted by Crippen LogP contribution is -2.46. The monoisotopic (exact) mass is 373 g/mol. The van der Waals surface area contributed by atoms with Gasteiger partial charge in [0.1, 0.15) is 5.75 Å². The van der Waals surface area contributed by atoms with Crippen molar-refractivity contribution in [3.8, 4) is 5.75 Å². The first-order valence-electron chi connectivity index (χ1n) is 7.69. The highest BCUT2D eigenvalue weighted by Crippen LogP contribution is 2.10. The Morgan fingerprint density at radius 3 is 2.12 bits per heavy atom. The quantitative estimate of drug-likeness (QED) is 0.418. The topological polar surface area (TPSA) is 88.7 Å². The molecule has 3 N–H and O–H groups in total. The lowest BCUT2D eigenvalue weighted by molar-refractivity contribution is 0.0600. The van der Waals surface area contributed by atoms with Crippen LogP contribution in [0.5, 0.6) is 5.75 Å². The van der Waals surface area contributed by atoms with Crippen molar-refractivity contribution < 1.29 is 19.1 Å². The van der Waals surface area contributed by atoms with E-state index in [0.717, 1.165) is 11.3 Å². The minimum atomic E-state index is -0.459. The van der Waals surface area contributed by atoms with Crippen molar-refractivity contribution >= 4 is 29.2 Å². The molecule has 0 radical (unpaired) electrons. The van der Waals surface area contributed by atoms with E-state index in [0.29, 0.717) is 17.7 Å². The largest absolute Gasteiger partial charge is 0.497 e. The maximum Gasteiger partial charge on any atom is 0.337 e. The van der Waals surface area contributed by atoms with Crippen LogP contribution in [0.3, 0.4) is 0 Å². The van der Waals surface area contributed by atoms with Gasteiger partial charge in [-0.2, -0.15) is 0 Å². The van der Waals surface area contributed by atoms with Gasteiger partial charge in [0, 0.05) is 12.1 Å². The van der Waals surface area contributed by atoms with Crippen molar-refractivity contribution in [3.05, 3.63) is 65.2 Å². The summed E-state index contributed by atoms with van der Waals surface area (Å²) >= 11 is 5.12. The molecule has 0 bridgehead atoms. The van der Waals surface area contributed by atoms with Gasteiger partial charge in [0.15, 0.2) is 5.11 Å². The number of benzene rings is 2. The summed E-state index contributed by atoms with van der Waals surface area (Å²) < 4.78 is 9.70. The van der Waals surface area contributed by atoms with Crippen LogP contribution >= 0.6 is 12.2 Å². The number of carbonyl (C=O) groups excluding carboxylic acids is 2. The number of hydrazine groups is 1. The standard InChI is InChI=1S/C18H19N3O4S/c1-24-15-9-3-12(4-10-15)11-19-18(26)21-20-16(22)13-5-7-14(8-6-13)17(23)25-2/h3-10H,11H2,1-2H3,(H,20,22)(H2,19,21,26). The molecule has 2 aromatic carbocycles. The Morgan fingerprint density at radius 2 is 1.54 bits per heavy atom. The van der Waals surface area contributed by atoms with Crippen LogP contribution in [0.1, 0.15) is 26.3 Å². The van der Waals surface area contributed by atoms with E-state index in [2.05, 4.69) is 20.9 Å². The molecule has 0 spiro atoms. The third-order valence-electron chi connectivity index (χ3n) is 3.47. The van der Waals surface area contributed by atoms with Gasteiger partial charge >= 0.3 is 5.97 Å². The minimum Gasteiger partial charge on any atom is -0.497 e. The van der Waals surface area contributed by atoms with Gasteiger partial charge in [-0.1, -0.05) is 12.1 Å².